The Kier molecular flexibility index (Phi) is 5.43. The Hall–Kier alpha value is -2.67. The van der Waals surface area contributed by atoms with Gasteiger partial charge in [-0.15, -0.1) is 10.2 Å². The largest absolute Gasteiger partial charge is 0.337 e. The molecule has 0 fully saturated rings. The molecule has 1 amide bonds. The van der Waals surface area contributed by atoms with Gasteiger partial charge in [0.1, 0.15) is 5.82 Å². The van der Waals surface area contributed by atoms with Gasteiger partial charge >= 0.3 is 0 Å². The average molecular weight is 396 g/mol. The fraction of sp³-hybridized carbons (Fsp3) is 0.286. The zero-order chi connectivity index (χ0) is 19.5. The summed E-state index contributed by atoms with van der Waals surface area (Å²) in [6.07, 6.45) is 0.895. The lowest BCUT2D eigenvalue weighted by atomic mass is 10.00. The zero-order valence-corrected chi connectivity index (χ0v) is 16.5. The molecule has 0 bridgehead atoms. The Morgan fingerprint density at radius 2 is 1.86 bits per heavy atom. The van der Waals surface area contributed by atoms with E-state index in [9.17, 15) is 9.18 Å². The normalized spacial score (nSPS) is 13.4. The minimum Gasteiger partial charge on any atom is -0.337 e. The van der Waals surface area contributed by atoms with Crippen molar-refractivity contribution >= 4 is 17.7 Å². The second-order valence-electron chi connectivity index (χ2n) is 6.68. The molecular formula is C21H21FN4OS. The highest BCUT2D eigenvalue weighted by atomic mass is 32.2. The molecule has 0 N–H and O–H groups in total. The summed E-state index contributed by atoms with van der Waals surface area (Å²) in [5.41, 5.74) is 3.36. The van der Waals surface area contributed by atoms with E-state index < -0.39 is 0 Å². The Morgan fingerprint density at radius 3 is 2.61 bits per heavy atom. The lowest BCUT2D eigenvalue weighted by Gasteiger charge is -2.28. The van der Waals surface area contributed by atoms with E-state index >= 15 is 0 Å². The van der Waals surface area contributed by atoms with Crippen LogP contribution in [0.2, 0.25) is 0 Å². The van der Waals surface area contributed by atoms with Gasteiger partial charge in [-0.2, -0.15) is 0 Å². The molecule has 1 aliphatic heterocycles. The molecular weight excluding hydrogens is 375 g/mol. The van der Waals surface area contributed by atoms with E-state index in [0.29, 0.717) is 29.8 Å². The standard InChI is InChI=1S/C21H21FN4OS/c1-2-26-20(16-7-9-18(22)10-8-16)23-24-21(26)28-14-19(27)25-12-11-15-5-3-4-6-17(15)13-25/h3-10H,2,11-14H2,1H3. The quantitative estimate of drug-likeness (QED) is 0.616. The molecule has 0 atom stereocenters. The first-order chi connectivity index (χ1) is 13.7. The number of fused-ring (bicyclic) bond motifs is 1. The first-order valence-electron chi connectivity index (χ1n) is 9.32. The second-order valence-corrected chi connectivity index (χ2v) is 7.62. The van der Waals surface area contributed by atoms with Gasteiger partial charge in [0.15, 0.2) is 11.0 Å². The molecule has 0 spiro atoms. The average Bonchev–Trinajstić information content (AvgIpc) is 3.15. The monoisotopic (exact) mass is 396 g/mol. The second kappa shape index (κ2) is 8.14. The number of aromatic nitrogens is 3. The van der Waals surface area contributed by atoms with E-state index in [1.807, 2.05) is 28.5 Å². The van der Waals surface area contributed by atoms with Crippen LogP contribution in [0.4, 0.5) is 4.39 Å². The summed E-state index contributed by atoms with van der Waals surface area (Å²) >= 11 is 1.40. The summed E-state index contributed by atoms with van der Waals surface area (Å²) < 4.78 is 15.1. The number of halogens is 1. The highest BCUT2D eigenvalue weighted by Gasteiger charge is 2.21. The van der Waals surface area contributed by atoms with Crippen molar-refractivity contribution in [3.63, 3.8) is 0 Å². The lowest BCUT2D eigenvalue weighted by Crippen LogP contribution is -2.37. The van der Waals surface area contributed by atoms with Crippen LogP contribution in [0.1, 0.15) is 18.1 Å². The minimum absolute atomic E-state index is 0.105. The summed E-state index contributed by atoms with van der Waals surface area (Å²) in [6, 6.07) is 14.5. The summed E-state index contributed by atoms with van der Waals surface area (Å²) in [7, 11) is 0. The van der Waals surface area contributed by atoms with Crippen molar-refractivity contribution in [2.75, 3.05) is 12.3 Å². The number of carbonyl (C=O) groups excluding carboxylic acids is 1. The molecule has 3 aromatic rings. The van der Waals surface area contributed by atoms with Crippen molar-refractivity contribution in [1.82, 2.24) is 19.7 Å². The number of rotatable bonds is 5. The first-order valence-corrected chi connectivity index (χ1v) is 10.3. The summed E-state index contributed by atoms with van der Waals surface area (Å²) in [5, 5.41) is 9.20. The zero-order valence-electron chi connectivity index (χ0n) is 15.6. The van der Waals surface area contributed by atoms with Crippen molar-refractivity contribution in [2.24, 2.45) is 0 Å². The predicted octanol–water partition coefficient (Wildman–Crippen LogP) is 3.78. The number of benzene rings is 2. The van der Waals surface area contributed by atoms with Crippen LogP contribution in [0, 0.1) is 5.82 Å². The first kappa shape index (κ1) is 18.7. The van der Waals surface area contributed by atoms with Crippen LogP contribution in [-0.4, -0.2) is 37.9 Å². The molecule has 144 valence electrons. The van der Waals surface area contributed by atoms with Crippen LogP contribution in [0.15, 0.2) is 53.7 Å². The van der Waals surface area contributed by atoms with E-state index in [2.05, 4.69) is 22.3 Å². The van der Waals surface area contributed by atoms with Gasteiger partial charge in [-0.3, -0.25) is 4.79 Å². The lowest BCUT2D eigenvalue weighted by molar-refractivity contribution is -0.129. The van der Waals surface area contributed by atoms with Crippen molar-refractivity contribution in [3.05, 3.63) is 65.5 Å². The molecule has 7 heteroatoms. The van der Waals surface area contributed by atoms with Crippen LogP contribution in [0.3, 0.4) is 0 Å². The van der Waals surface area contributed by atoms with Crippen LogP contribution >= 0.6 is 11.8 Å². The highest BCUT2D eigenvalue weighted by Crippen LogP contribution is 2.25. The molecule has 0 saturated carbocycles. The van der Waals surface area contributed by atoms with Crippen LogP contribution in [0.25, 0.3) is 11.4 Å². The van der Waals surface area contributed by atoms with Crippen LogP contribution in [-0.2, 0) is 24.3 Å². The van der Waals surface area contributed by atoms with E-state index in [0.717, 1.165) is 18.5 Å². The summed E-state index contributed by atoms with van der Waals surface area (Å²) in [4.78, 5) is 14.6. The summed E-state index contributed by atoms with van der Waals surface area (Å²) in [6.45, 7) is 4.09. The fourth-order valence-electron chi connectivity index (χ4n) is 3.42. The van der Waals surface area contributed by atoms with E-state index in [1.54, 1.807) is 12.1 Å². The number of hydrogen-bond acceptors (Lipinski definition) is 4. The van der Waals surface area contributed by atoms with Gasteiger partial charge in [0.05, 0.1) is 5.75 Å². The predicted molar refractivity (Wildman–Crippen MR) is 107 cm³/mol. The van der Waals surface area contributed by atoms with Crippen molar-refractivity contribution in [3.8, 4) is 11.4 Å². The number of hydrogen-bond donors (Lipinski definition) is 0. The summed E-state index contributed by atoms with van der Waals surface area (Å²) in [5.74, 6) is 0.830. The third kappa shape index (κ3) is 3.80. The van der Waals surface area contributed by atoms with Gasteiger partial charge in [-0.25, -0.2) is 4.39 Å². The molecule has 1 aliphatic rings. The van der Waals surface area contributed by atoms with Crippen molar-refractivity contribution in [1.29, 1.82) is 0 Å². The number of nitrogens with zero attached hydrogens (tertiary/aromatic N) is 4. The third-order valence-corrected chi connectivity index (χ3v) is 5.90. The molecule has 2 heterocycles. The topological polar surface area (TPSA) is 51.0 Å². The van der Waals surface area contributed by atoms with Gasteiger partial charge in [-0.05, 0) is 48.7 Å². The highest BCUT2D eigenvalue weighted by molar-refractivity contribution is 7.99. The maximum atomic E-state index is 13.2. The number of thioether (sulfide) groups is 1. The van der Waals surface area contributed by atoms with Gasteiger partial charge in [0.2, 0.25) is 5.91 Å². The molecule has 4 rings (SSSR count). The molecule has 0 unspecified atom stereocenters. The van der Waals surface area contributed by atoms with Gasteiger partial charge in [0, 0.05) is 25.2 Å². The molecule has 0 radical (unpaired) electrons. The van der Waals surface area contributed by atoms with Gasteiger partial charge < -0.3 is 9.47 Å². The fourth-order valence-corrected chi connectivity index (χ4v) is 4.32. The Labute approximate surface area is 167 Å². The SMILES string of the molecule is CCn1c(SCC(=O)N2CCc3ccccc3C2)nnc1-c1ccc(F)cc1. The maximum Gasteiger partial charge on any atom is 0.233 e. The van der Waals surface area contributed by atoms with Gasteiger partial charge in [-0.1, -0.05) is 36.0 Å². The van der Waals surface area contributed by atoms with E-state index in [1.165, 1.54) is 35.0 Å². The molecule has 2 aromatic carbocycles. The Morgan fingerprint density at radius 1 is 1.11 bits per heavy atom. The number of amides is 1. The smallest absolute Gasteiger partial charge is 0.233 e. The number of carbonyl (C=O) groups is 1. The van der Waals surface area contributed by atoms with Gasteiger partial charge in [0.25, 0.3) is 0 Å². The van der Waals surface area contributed by atoms with E-state index in [-0.39, 0.29) is 11.7 Å². The van der Waals surface area contributed by atoms with Crippen molar-refractivity contribution in [2.45, 2.75) is 31.6 Å². The minimum atomic E-state index is -0.283. The van der Waals surface area contributed by atoms with Crippen molar-refractivity contribution < 1.29 is 9.18 Å². The molecule has 1 aromatic heterocycles. The molecule has 0 saturated heterocycles. The van der Waals surface area contributed by atoms with E-state index in [4.69, 9.17) is 0 Å². The molecule has 28 heavy (non-hydrogen) atoms. The Balaban J connectivity index is 1.44. The maximum absolute atomic E-state index is 13.2. The third-order valence-electron chi connectivity index (χ3n) is 4.94. The van der Waals surface area contributed by atoms with Crippen LogP contribution < -0.4 is 0 Å². The van der Waals surface area contributed by atoms with Crippen LogP contribution in [0.5, 0.6) is 0 Å². The molecule has 0 aliphatic carbocycles. The Bertz CT molecular complexity index is 986. The molecule has 5 nitrogen and oxygen atoms in total.